The molecule has 122 valence electrons. The zero-order valence-electron chi connectivity index (χ0n) is 13.0. The highest BCUT2D eigenvalue weighted by Crippen LogP contribution is 2.43. The molecule has 1 aromatic carbocycles. The molecule has 3 nitrogen and oxygen atoms in total. The summed E-state index contributed by atoms with van der Waals surface area (Å²) in [4.78, 5) is 13.6. The first-order valence-electron chi connectivity index (χ1n) is 7.81. The molecule has 1 saturated carbocycles. The van der Waals surface area contributed by atoms with Gasteiger partial charge in [-0.3, -0.25) is 4.79 Å². The Morgan fingerprint density at radius 2 is 2.09 bits per heavy atom. The van der Waals surface area contributed by atoms with Gasteiger partial charge in [0, 0.05) is 10.8 Å². The van der Waals surface area contributed by atoms with Gasteiger partial charge in [-0.15, -0.1) is 11.3 Å². The first-order chi connectivity index (χ1) is 11.1. The molecular weight excluding hydrogens is 313 g/mol. The van der Waals surface area contributed by atoms with Crippen molar-refractivity contribution in [3.63, 3.8) is 0 Å². The van der Waals surface area contributed by atoms with E-state index in [2.05, 4.69) is 5.32 Å². The van der Waals surface area contributed by atoms with Gasteiger partial charge >= 0.3 is 0 Å². The summed E-state index contributed by atoms with van der Waals surface area (Å²) < 4.78 is 13.0. The molecule has 1 fully saturated rings. The van der Waals surface area contributed by atoms with E-state index < -0.39 is 0 Å². The van der Waals surface area contributed by atoms with Gasteiger partial charge in [-0.2, -0.15) is 0 Å². The molecule has 1 aromatic heterocycles. The number of benzene rings is 1. The highest BCUT2D eigenvalue weighted by Gasteiger charge is 2.38. The summed E-state index contributed by atoms with van der Waals surface area (Å²) in [5, 5.41) is 14.5. The molecule has 0 bridgehead atoms. The van der Waals surface area contributed by atoms with Crippen LogP contribution in [0.4, 0.5) is 4.39 Å². The average molecular weight is 333 g/mol. The minimum atomic E-state index is -0.350. The molecule has 0 spiro atoms. The van der Waals surface area contributed by atoms with Crippen LogP contribution in [0.2, 0.25) is 0 Å². The van der Waals surface area contributed by atoms with E-state index in [9.17, 15) is 14.3 Å². The predicted octanol–water partition coefficient (Wildman–Crippen LogP) is 3.54. The van der Waals surface area contributed by atoms with Crippen LogP contribution in [0.15, 0.2) is 35.7 Å². The summed E-state index contributed by atoms with van der Waals surface area (Å²) in [7, 11) is 0. The van der Waals surface area contributed by atoms with Crippen molar-refractivity contribution in [2.24, 2.45) is 5.92 Å². The van der Waals surface area contributed by atoms with Crippen LogP contribution in [0, 0.1) is 18.7 Å². The second-order valence-electron chi connectivity index (χ2n) is 6.05. The standard InChI is InChI=1S/C18H20FNO2S/c1-11-8-9-23-17(11)16(10-21)20-18(22)15-7-6-14(15)12-2-4-13(19)5-3-12/h2-5,8-9,14-16,21H,6-7,10H2,1H3,(H,20,22). The third kappa shape index (κ3) is 3.31. The molecule has 1 aliphatic rings. The summed E-state index contributed by atoms with van der Waals surface area (Å²) in [6.07, 6.45) is 1.76. The SMILES string of the molecule is Cc1ccsc1C(CO)NC(=O)C1CCC1c1ccc(F)cc1. The van der Waals surface area contributed by atoms with Crippen LogP contribution in [0.5, 0.6) is 0 Å². The number of carbonyl (C=O) groups excluding carboxylic acids is 1. The Kier molecular flexibility index (Phi) is 4.78. The van der Waals surface area contributed by atoms with Crippen molar-refractivity contribution in [1.82, 2.24) is 5.32 Å². The summed E-state index contributed by atoms with van der Waals surface area (Å²) in [6.45, 7) is 1.87. The van der Waals surface area contributed by atoms with E-state index in [1.165, 1.54) is 12.1 Å². The van der Waals surface area contributed by atoms with Gasteiger partial charge in [0.25, 0.3) is 0 Å². The number of aliphatic hydroxyl groups excluding tert-OH is 1. The molecule has 23 heavy (non-hydrogen) atoms. The van der Waals surface area contributed by atoms with Crippen LogP contribution in [0.1, 0.15) is 40.8 Å². The summed E-state index contributed by atoms with van der Waals surface area (Å²) >= 11 is 1.54. The van der Waals surface area contributed by atoms with Gasteiger partial charge in [-0.1, -0.05) is 12.1 Å². The van der Waals surface area contributed by atoms with E-state index in [0.29, 0.717) is 0 Å². The smallest absolute Gasteiger partial charge is 0.224 e. The van der Waals surface area contributed by atoms with Crippen molar-refractivity contribution < 1.29 is 14.3 Å². The van der Waals surface area contributed by atoms with Crippen molar-refractivity contribution in [1.29, 1.82) is 0 Å². The molecule has 0 radical (unpaired) electrons. The number of hydrogen-bond donors (Lipinski definition) is 2. The van der Waals surface area contributed by atoms with Gasteiger partial charge in [0.2, 0.25) is 5.91 Å². The number of aryl methyl sites for hydroxylation is 1. The van der Waals surface area contributed by atoms with Crippen LogP contribution in [-0.4, -0.2) is 17.6 Å². The van der Waals surface area contributed by atoms with Gasteiger partial charge in [-0.05, 0) is 60.4 Å². The minimum absolute atomic E-state index is 0.0302. The molecule has 3 unspecified atom stereocenters. The lowest BCUT2D eigenvalue weighted by Gasteiger charge is -2.36. The Morgan fingerprint density at radius 3 is 2.61 bits per heavy atom. The van der Waals surface area contributed by atoms with E-state index in [1.807, 2.05) is 18.4 Å². The molecule has 0 aliphatic heterocycles. The van der Waals surface area contributed by atoms with Crippen molar-refractivity contribution >= 4 is 17.2 Å². The van der Waals surface area contributed by atoms with Crippen molar-refractivity contribution in [2.45, 2.75) is 31.7 Å². The maximum absolute atomic E-state index is 13.0. The van der Waals surface area contributed by atoms with Gasteiger partial charge in [0.1, 0.15) is 5.82 Å². The number of halogens is 1. The topological polar surface area (TPSA) is 49.3 Å². The third-order valence-electron chi connectivity index (χ3n) is 4.63. The Balaban J connectivity index is 1.68. The van der Waals surface area contributed by atoms with E-state index >= 15 is 0 Å². The van der Waals surface area contributed by atoms with Crippen molar-refractivity contribution in [2.75, 3.05) is 6.61 Å². The minimum Gasteiger partial charge on any atom is -0.394 e. The molecule has 3 atom stereocenters. The lowest BCUT2D eigenvalue weighted by molar-refractivity contribution is -0.129. The van der Waals surface area contributed by atoms with Crippen molar-refractivity contribution in [3.8, 4) is 0 Å². The van der Waals surface area contributed by atoms with Crippen molar-refractivity contribution in [3.05, 3.63) is 57.5 Å². The largest absolute Gasteiger partial charge is 0.394 e. The molecule has 1 aliphatic carbocycles. The fraction of sp³-hybridized carbons (Fsp3) is 0.389. The lowest BCUT2D eigenvalue weighted by Crippen LogP contribution is -2.42. The number of thiophene rings is 1. The Bertz CT molecular complexity index is 683. The number of carbonyl (C=O) groups is 1. The highest BCUT2D eigenvalue weighted by molar-refractivity contribution is 7.10. The number of rotatable bonds is 5. The zero-order valence-corrected chi connectivity index (χ0v) is 13.8. The molecule has 2 N–H and O–H groups in total. The monoisotopic (exact) mass is 333 g/mol. The van der Waals surface area contributed by atoms with Gasteiger partial charge in [0.05, 0.1) is 12.6 Å². The normalized spacial score (nSPS) is 21.5. The second-order valence-corrected chi connectivity index (χ2v) is 7.00. The molecule has 1 amide bonds. The van der Waals surface area contributed by atoms with E-state index in [0.717, 1.165) is 28.8 Å². The van der Waals surface area contributed by atoms with Gasteiger partial charge in [0.15, 0.2) is 0 Å². The number of hydrogen-bond acceptors (Lipinski definition) is 3. The zero-order chi connectivity index (χ0) is 16.4. The van der Waals surface area contributed by atoms with E-state index in [1.54, 1.807) is 23.5 Å². The Hall–Kier alpha value is -1.72. The number of aliphatic hydroxyl groups is 1. The van der Waals surface area contributed by atoms with Gasteiger partial charge < -0.3 is 10.4 Å². The summed E-state index contributed by atoms with van der Waals surface area (Å²) in [5.41, 5.74) is 2.09. The van der Waals surface area contributed by atoms with Gasteiger partial charge in [-0.25, -0.2) is 4.39 Å². The Morgan fingerprint density at radius 1 is 1.35 bits per heavy atom. The maximum atomic E-state index is 13.0. The first-order valence-corrected chi connectivity index (χ1v) is 8.68. The fourth-order valence-electron chi connectivity index (χ4n) is 3.14. The molecule has 0 saturated heterocycles. The van der Waals surface area contributed by atoms with Crippen LogP contribution in [-0.2, 0) is 4.79 Å². The molecule has 3 rings (SSSR count). The second kappa shape index (κ2) is 6.81. The van der Waals surface area contributed by atoms with Crippen LogP contribution in [0.25, 0.3) is 0 Å². The lowest BCUT2D eigenvalue weighted by atomic mass is 9.69. The van der Waals surface area contributed by atoms with Crippen LogP contribution in [0.3, 0.4) is 0 Å². The average Bonchev–Trinajstić information content (AvgIpc) is 2.92. The fourth-order valence-corrected chi connectivity index (χ4v) is 4.11. The highest BCUT2D eigenvalue weighted by atomic mass is 32.1. The van der Waals surface area contributed by atoms with Crippen LogP contribution < -0.4 is 5.32 Å². The van der Waals surface area contributed by atoms with E-state index in [4.69, 9.17) is 0 Å². The molecule has 2 aromatic rings. The molecular formula is C18H20FNO2S. The maximum Gasteiger partial charge on any atom is 0.224 e. The predicted molar refractivity (Wildman–Crippen MR) is 88.9 cm³/mol. The van der Waals surface area contributed by atoms with E-state index in [-0.39, 0.29) is 36.2 Å². The Labute approximate surface area is 139 Å². The first kappa shape index (κ1) is 16.1. The summed E-state index contributed by atoms with van der Waals surface area (Å²) in [6, 6.07) is 8.03. The number of amides is 1. The molecule has 1 heterocycles. The number of nitrogens with one attached hydrogen (secondary N) is 1. The quantitative estimate of drug-likeness (QED) is 0.879. The summed E-state index contributed by atoms with van der Waals surface area (Å²) in [5.74, 6) is -0.255. The molecule has 5 heteroatoms. The third-order valence-corrected chi connectivity index (χ3v) is 5.76. The van der Waals surface area contributed by atoms with Crippen LogP contribution >= 0.6 is 11.3 Å².